The molecule has 0 heterocycles. The Morgan fingerprint density at radius 3 is 2.07 bits per heavy atom. The van der Waals surface area contributed by atoms with Crippen LogP contribution in [0.5, 0.6) is 0 Å². The van der Waals surface area contributed by atoms with Gasteiger partial charge in [0.05, 0.1) is 0 Å². The van der Waals surface area contributed by atoms with Gasteiger partial charge < -0.3 is 14.2 Å². The van der Waals surface area contributed by atoms with Crippen molar-refractivity contribution in [1.29, 1.82) is 0 Å². The van der Waals surface area contributed by atoms with E-state index in [1.165, 1.54) is 12.8 Å². The van der Waals surface area contributed by atoms with Gasteiger partial charge >= 0.3 is 8.56 Å². The molecule has 0 amide bonds. The third-order valence-electron chi connectivity index (χ3n) is 2.64. The largest absolute Gasteiger partial charge is 0.398 e. The molecule has 1 N–H and O–H groups in total. The van der Waals surface area contributed by atoms with Crippen LogP contribution in [-0.4, -0.2) is 36.4 Å². The molecule has 0 saturated carbocycles. The van der Waals surface area contributed by atoms with Crippen LogP contribution in [0.1, 0.15) is 26.2 Å². The fourth-order valence-corrected chi connectivity index (χ4v) is 4.44. The quantitative estimate of drug-likeness (QED) is 0.476. The van der Waals surface area contributed by atoms with Crippen molar-refractivity contribution in [2.45, 2.75) is 38.3 Å². The highest BCUT2D eigenvalue weighted by Crippen LogP contribution is 2.21. The molecule has 0 aromatic rings. The Labute approximate surface area is 89.4 Å². The molecule has 0 bridgehead atoms. The Kier molecular flexibility index (Phi) is 8.47. The van der Waals surface area contributed by atoms with Crippen LogP contribution < -0.4 is 5.32 Å². The lowest BCUT2D eigenvalue weighted by Crippen LogP contribution is -2.40. The molecule has 0 atom stereocenters. The Morgan fingerprint density at radius 1 is 1.07 bits per heavy atom. The van der Waals surface area contributed by atoms with Crippen LogP contribution in [0.3, 0.4) is 0 Å². The lowest BCUT2D eigenvalue weighted by Gasteiger charge is -2.27. The summed E-state index contributed by atoms with van der Waals surface area (Å²) in [6, 6.07) is 2.22. The van der Waals surface area contributed by atoms with Crippen molar-refractivity contribution < 1.29 is 8.85 Å². The summed E-state index contributed by atoms with van der Waals surface area (Å²) < 4.78 is 11.2. The summed E-state index contributed by atoms with van der Waals surface area (Å²) in [5.41, 5.74) is 0. The van der Waals surface area contributed by atoms with Crippen LogP contribution in [0, 0.1) is 0 Å². The van der Waals surface area contributed by atoms with E-state index in [0.717, 1.165) is 25.1 Å². The van der Waals surface area contributed by atoms with Crippen LogP contribution in [0.4, 0.5) is 0 Å². The molecule has 0 spiro atoms. The average molecular weight is 219 g/mol. The number of rotatable bonds is 9. The molecule has 0 rings (SSSR count). The second kappa shape index (κ2) is 8.41. The molecule has 0 aromatic heterocycles. The normalized spacial score (nSPS) is 12.0. The van der Waals surface area contributed by atoms with Gasteiger partial charge in [-0.3, -0.25) is 0 Å². The van der Waals surface area contributed by atoms with Gasteiger partial charge in [0.2, 0.25) is 0 Å². The van der Waals surface area contributed by atoms with Gasteiger partial charge in [-0.2, -0.15) is 0 Å². The predicted molar refractivity (Wildman–Crippen MR) is 62.8 cm³/mol. The smallest absolute Gasteiger partial charge is 0.337 e. The molecular weight excluding hydrogens is 194 g/mol. The van der Waals surface area contributed by atoms with Gasteiger partial charge in [0.15, 0.2) is 0 Å². The van der Waals surface area contributed by atoms with Gasteiger partial charge in [0, 0.05) is 14.2 Å². The highest BCUT2D eigenvalue weighted by atomic mass is 28.4. The molecule has 0 radical (unpaired) electrons. The van der Waals surface area contributed by atoms with E-state index < -0.39 is 8.56 Å². The zero-order chi connectivity index (χ0) is 10.9. The predicted octanol–water partition coefficient (Wildman–Crippen LogP) is 2.13. The van der Waals surface area contributed by atoms with Gasteiger partial charge in [-0.05, 0) is 32.1 Å². The third-order valence-corrected chi connectivity index (χ3v) is 6.36. The molecule has 86 valence electrons. The maximum Gasteiger partial charge on any atom is 0.337 e. The van der Waals surface area contributed by atoms with Crippen molar-refractivity contribution in [2.24, 2.45) is 0 Å². The summed E-state index contributed by atoms with van der Waals surface area (Å²) in [6.07, 6.45) is 3.58. The highest BCUT2D eigenvalue weighted by molar-refractivity contribution is 6.67. The summed E-state index contributed by atoms with van der Waals surface area (Å²) in [4.78, 5) is 0. The summed E-state index contributed by atoms with van der Waals surface area (Å²) in [7, 11) is 3.73. The minimum Gasteiger partial charge on any atom is -0.398 e. The maximum absolute atomic E-state index is 5.62. The molecule has 0 aromatic carbocycles. The number of hydrogen-bond donors (Lipinski definition) is 1. The highest BCUT2D eigenvalue weighted by Gasteiger charge is 2.33. The first-order chi connectivity index (χ1) is 6.74. The number of unbranched alkanes of at least 4 members (excludes halogenated alkanes) is 1. The van der Waals surface area contributed by atoms with E-state index in [1.807, 2.05) is 7.05 Å². The molecule has 0 aliphatic carbocycles. The molecule has 4 heteroatoms. The number of hydrogen-bond acceptors (Lipinski definition) is 3. The van der Waals surface area contributed by atoms with E-state index in [-0.39, 0.29) is 0 Å². The average Bonchev–Trinajstić information content (AvgIpc) is 2.24. The summed E-state index contributed by atoms with van der Waals surface area (Å²) in [5, 5.41) is 3.16. The molecule has 0 aliphatic rings. The minimum atomic E-state index is -1.84. The van der Waals surface area contributed by atoms with E-state index >= 15 is 0 Å². The number of nitrogens with one attached hydrogen (secondary N) is 1. The molecule has 3 nitrogen and oxygen atoms in total. The summed E-state index contributed by atoms with van der Waals surface area (Å²) >= 11 is 0. The monoisotopic (exact) mass is 219 g/mol. The van der Waals surface area contributed by atoms with E-state index in [0.29, 0.717) is 0 Å². The van der Waals surface area contributed by atoms with Crippen molar-refractivity contribution in [3.05, 3.63) is 0 Å². The van der Waals surface area contributed by atoms with Crippen molar-refractivity contribution in [3.63, 3.8) is 0 Å². The molecule has 0 aliphatic heterocycles. The first-order valence-electron chi connectivity index (χ1n) is 5.49. The Morgan fingerprint density at radius 2 is 1.64 bits per heavy atom. The molecule has 0 saturated heterocycles. The zero-order valence-corrected chi connectivity index (χ0v) is 11.1. The molecule has 0 fully saturated rings. The van der Waals surface area contributed by atoms with Crippen molar-refractivity contribution in [2.75, 3.05) is 27.8 Å². The van der Waals surface area contributed by atoms with Crippen LogP contribution >= 0.6 is 0 Å². The van der Waals surface area contributed by atoms with Gasteiger partial charge in [-0.1, -0.05) is 19.8 Å². The van der Waals surface area contributed by atoms with E-state index in [2.05, 4.69) is 12.2 Å². The first-order valence-corrected chi connectivity index (χ1v) is 7.72. The Balaban J connectivity index is 3.94. The van der Waals surface area contributed by atoms with Gasteiger partial charge in [-0.25, -0.2) is 0 Å². The standard InChI is InChI=1S/C10H25NO2Si/c1-5-6-9-14(12-3,13-4)10-7-8-11-2/h11H,5-10H2,1-4H3. The second-order valence-corrected chi connectivity index (χ2v) is 7.27. The first kappa shape index (κ1) is 14.1. The van der Waals surface area contributed by atoms with Gasteiger partial charge in [0.1, 0.15) is 0 Å². The fourth-order valence-electron chi connectivity index (χ4n) is 1.60. The van der Waals surface area contributed by atoms with E-state index in [9.17, 15) is 0 Å². The van der Waals surface area contributed by atoms with Gasteiger partial charge in [-0.15, -0.1) is 0 Å². The van der Waals surface area contributed by atoms with Crippen molar-refractivity contribution in [1.82, 2.24) is 5.32 Å². The summed E-state index contributed by atoms with van der Waals surface area (Å²) in [6.45, 7) is 3.26. The fraction of sp³-hybridized carbons (Fsp3) is 1.00. The van der Waals surface area contributed by atoms with Crippen LogP contribution in [-0.2, 0) is 8.85 Å². The SMILES string of the molecule is CCCC[Si](CCCNC)(OC)OC. The lowest BCUT2D eigenvalue weighted by molar-refractivity contribution is 0.239. The Bertz CT molecular complexity index is 129. The van der Waals surface area contributed by atoms with Crippen molar-refractivity contribution >= 4 is 8.56 Å². The Hall–Kier alpha value is 0.0969. The van der Waals surface area contributed by atoms with Crippen LogP contribution in [0.25, 0.3) is 0 Å². The van der Waals surface area contributed by atoms with Crippen LogP contribution in [0.2, 0.25) is 12.1 Å². The second-order valence-electron chi connectivity index (χ2n) is 3.63. The summed E-state index contributed by atoms with van der Waals surface area (Å²) in [5.74, 6) is 0. The third kappa shape index (κ3) is 5.10. The molecule has 0 unspecified atom stereocenters. The molecular formula is C10H25NO2Si. The minimum absolute atomic E-state index is 1.05. The maximum atomic E-state index is 5.62. The zero-order valence-electron chi connectivity index (χ0n) is 10.1. The van der Waals surface area contributed by atoms with Crippen LogP contribution in [0.15, 0.2) is 0 Å². The van der Waals surface area contributed by atoms with Gasteiger partial charge in [0.25, 0.3) is 0 Å². The lowest BCUT2D eigenvalue weighted by atomic mass is 10.4. The molecule has 14 heavy (non-hydrogen) atoms. The topological polar surface area (TPSA) is 30.5 Å². The van der Waals surface area contributed by atoms with E-state index in [1.54, 1.807) is 14.2 Å². The van der Waals surface area contributed by atoms with Crippen molar-refractivity contribution in [3.8, 4) is 0 Å². The van der Waals surface area contributed by atoms with E-state index in [4.69, 9.17) is 8.85 Å².